The molecule has 1 aliphatic rings. The average molecular weight is 495 g/mol. The largest absolute Gasteiger partial charge is 0.492 e. The van der Waals surface area contributed by atoms with Gasteiger partial charge in [0.1, 0.15) is 17.2 Å². The van der Waals surface area contributed by atoms with Crippen LogP contribution in [0.2, 0.25) is 0 Å². The number of sulfonamides is 1. The van der Waals surface area contributed by atoms with Crippen molar-refractivity contribution in [3.05, 3.63) is 35.9 Å². The van der Waals surface area contributed by atoms with Gasteiger partial charge in [-0.1, -0.05) is 0 Å². The van der Waals surface area contributed by atoms with Crippen molar-refractivity contribution in [1.29, 1.82) is 0 Å². The van der Waals surface area contributed by atoms with E-state index in [1.807, 2.05) is 13.8 Å². The number of aryl methyl sites for hydroxylation is 1. The molecule has 11 heteroatoms. The molecule has 0 atom stereocenters. The smallest absolute Gasteiger partial charge is 0.341 e. The van der Waals surface area contributed by atoms with E-state index in [2.05, 4.69) is 9.62 Å². The van der Waals surface area contributed by atoms with Crippen LogP contribution in [0.4, 0.5) is 11.4 Å². The van der Waals surface area contributed by atoms with Gasteiger partial charge in [-0.3, -0.25) is 4.72 Å². The molecule has 186 valence electrons. The Kier molecular flexibility index (Phi) is 8.46. The fourth-order valence-corrected chi connectivity index (χ4v) is 4.67. The van der Waals surface area contributed by atoms with Crippen molar-refractivity contribution < 1.29 is 37.3 Å². The van der Waals surface area contributed by atoms with Gasteiger partial charge in [0.15, 0.2) is 6.61 Å². The molecule has 0 aliphatic carbocycles. The molecule has 2 N–H and O–H groups in total. The Morgan fingerprint density at radius 2 is 1.71 bits per heavy atom. The summed E-state index contributed by atoms with van der Waals surface area (Å²) in [5, 5.41) is 8.78. The van der Waals surface area contributed by atoms with E-state index in [0.29, 0.717) is 62.3 Å². The van der Waals surface area contributed by atoms with E-state index >= 15 is 0 Å². The Morgan fingerprint density at radius 1 is 1.03 bits per heavy atom. The number of carbonyl (C=O) groups is 1. The lowest BCUT2D eigenvalue weighted by atomic mass is 10.2. The van der Waals surface area contributed by atoms with E-state index in [4.69, 9.17) is 24.1 Å². The number of anilines is 2. The van der Waals surface area contributed by atoms with Crippen LogP contribution in [0.25, 0.3) is 0 Å². The molecule has 34 heavy (non-hydrogen) atoms. The van der Waals surface area contributed by atoms with Crippen molar-refractivity contribution in [2.75, 3.05) is 55.7 Å². The molecule has 3 rings (SSSR count). The van der Waals surface area contributed by atoms with Crippen LogP contribution in [0.3, 0.4) is 0 Å². The van der Waals surface area contributed by atoms with Gasteiger partial charge in [-0.25, -0.2) is 13.2 Å². The molecule has 0 unspecified atom stereocenters. The number of nitrogens with one attached hydrogen (secondary N) is 1. The van der Waals surface area contributed by atoms with E-state index in [0.717, 1.165) is 5.69 Å². The number of hydrogen-bond acceptors (Lipinski definition) is 8. The Balaban J connectivity index is 1.94. The zero-order valence-electron chi connectivity index (χ0n) is 19.5. The maximum atomic E-state index is 13.2. The molecule has 0 spiro atoms. The number of carboxylic acid groups (broad SMARTS) is 1. The third-order valence-corrected chi connectivity index (χ3v) is 6.43. The van der Waals surface area contributed by atoms with Gasteiger partial charge in [0.2, 0.25) is 0 Å². The van der Waals surface area contributed by atoms with Gasteiger partial charge in [0.05, 0.1) is 42.7 Å². The van der Waals surface area contributed by atoms with Gasteiger partial charge in [-0.05, 0) is 44.5 Å². The number of hydrogen-bond donors (Lipinski definition) is 2. The summed E-state index contributed by atoms with van der Waals surface area (Å²) in [6.45, 7) is 8.13. The lowest BCUT2D eigenvalue weighted by Gasteiger charge is -2.31. The standard InChI is InChI=1S/C23H30N2O8S/c1-4-31-21-14-19(25-8-10-30-11-9-25)22(32-5-2)13-18(21)24-34(28,29)17-6-7-20(16(3)12-17)33-15-23(26)27/h6-7,12-14,24H,4-5,8-11,15H2,1-3H3,(H,26,27). The molecule has 1 fully saturated rings. The molecule has 2 aromatic carbocycles. The second-order valence-corrected chi connectivity index (χ2v) is 9.18. The second-order valence-electron chi connectivity index (χ2n) is 7.50. The number of aliphatic carboxylic acids is 1. The number of morpholine rings is 1. The third-order valence-electron chi connectivity index (χ3n) is 5.06. The summed E-state index contributed by atoms with van der Waals surface area (Å²) in [7, 11) is -3.99. The molecule has 0 aromatic heterocycles. The van der Waals surface area contributed by atoms with Crippen LogP contribution < -0.4 is 23.8 Å². The monoisotopic (exact) mass is 494 g/mol. The summed E-state index contributed by atoms with van der Waals surface area (Å²) in [6.07, 6.45) is 0. The zero-order chi connectivity index (χ0) is 24.7. The highest BCUT2D eigenvalue weighted by Crippen LogP contribution is 2.40. The van der Waals surface area contributed by atoms with Crippen LogP contribution in [-0.4, -0.2) is 65.6 Å². The van der Waals surface area contributed by atoms with Gasteiger partial charge >= 0.3 is 5.97 Å². The van der Waals surface area contributed by atoms with Crippen LogP contribution >= 0.6 is 0 Å². The molecule has 0 amide bonds. The van der Waals surface area contributed by atoms with Crippen LogP contribution in [0.15, 0.2) is 35.2 Å². The molecule has 2 aromatic rings. The summed E-state index contributed by atoms with van der Waals surface area (Å²) < 4.78 is 51.2. The predicted molar refractivity (Wildman–Crippen MR) is 127 cm³/mol. The van der Waals surface area contributed by atoms with Crippen molar-refractivity contribution >= 4 is 27.4 Å². The third kappa shape index (κ3) is 6.23. The fraction of sp³-hybridized carbons (Fsp3) is 0.435. The molecular weight excluding hydrogens is 464 g/mol. The van der Waals surface area contributed by atoms with Gasteiger partial charge in [-0.15, -0.1) is 0 Å². The Labute approximate surface area is 199 Å². The topological polar surface area (TPSA) is 124 Å². The van der Waals surface area contributed by atoms with Crippen LogP contribution in [0.1, 0.15) is 19.4 Å². The van der Waals surface area contributed by atoms with Crippen LogP contribution in [0, 0.1) is 6.92 Å². The zero-order valence-corrected chi connectivity index (χ0v) is 20.3. The van der Waals surface area contributed by atoms with Gasteiger partial charge < -0.3 is 29.0 Å². The molecular formula is C23H30N2O8S. The van der Waals surface area contributed by atoms with E-state index in [1.54, 1.807) is 19.1 Å². The van der Waals surface area contributed by atoms with E-state index in [-0.39, 0.29) is 10.6 Å². The Hall–Kier alpha value is -3.18. The van der Waals surface area contributed by atoms with Crippen molar-refractivity contribution in [2.24, 2.45) is 0 Å². The molecule has 10 nitrogen and oxygen atoms in total. The summed E-state index contributed by atoms with van der Waals surface area (Å²) in [5.74, 6) is 0.102. The van der Waals surface area contributed by atoms with Crippen LogP contribution in [-0.2, 0) is 19.6 Å². The SMILES string of the molecule is CCOc1cc(N2CCOCC2)c(OCC)cc1NS(=O)(=O)c1ccc(OCC(=O)O)c(C)c1. The number of benzene rings is 2. The van der Waals surface area contributed by atoms with E-state index in [1.165, 1.54) is 18.2 Å². The first-order valence-electron chi connectivity index (χ1n) is 11.0. The maximum absolute atomic E-state index is 13.2. The highest BCUT2D eigenvalue weighted by molar-refractivity contribution is 7.92. The van der Waals surface area contributed by atoms with Crippen molar-refractivity contribution in [1.82, 2.24) is 0 Å². The number of carboxylic acids is 1. The lowest BCUT2D eigenvalue weighted by molar-refractivity contribution is -0.139. The van der Waals surface area contributed by atoms with Crippen molar-refractivity contribution in [2.45, 2.75) is 25.7 Å². The highest BCUT2D eigenvalue weighted by Gasteiger charge is 2.23. The number of nitrogens with zero attached hydrogens (tertiary/aromatic N) is 1. The lowest BCUT2D eigenvalue weighted by Crippen LogP contribution is -2.36. The number of rotatable bonds is 11. The molecule has 0 bridgehead atoms. The maximum Gasteiger partial charge on any atom is 0.341 e. The van der Waals surface area contributed by atoms with Crippen molar-refractivity contribution in [3.8, 4) is 17.2 Å². The summed E-state index contributed by atoms with van der Waals surface area (Å²) >= 11 is 0. The minimum absolute atomic E-state index is 0.00494. The second kappa shape index (κ2) is 11.3. The minimum atomic E-state index is -3.99. The molecule has 1 heterocycles. The summed E-state index contributed by atoms with van der Waals surface area (Å²) in [6, 6.07) is 7.63. The predicted octanol–water partition coefficient (Wildman–Crippen LogP) is 2.89. The molecule has 1 saturated heterocycles. The average Bonchev–Trinajstić information content (AvgIpc) is 2.80. The van der Waals surface area contributed by atoms with Crippen LogP contribution in [0.5, 0.6) is 17.2 Å². The molecule has 1 aliphatic heterocycles. The first-order chi connectivity index (χ1) is 16.2. The quantitative estimate of drug-likeness (QED) is 0.485. The Bertz CT molecular complexity index is 1110. The van der Waals surface area contributed by atoms with E-state index in [9.17, 15) is 13.2 Å². The summed E-state index contributed by atoms with van der Waals surface area (Å²) in [4.78, 5) is 12.9. The number of ether oxygens (including phenoxy) is 4. The molecule has 0 saturated carbocycles. The minimum Gasteiger partial charge on any atom is -0.492 e. The van der Waals surface area contributed by atoms with Crippen molar-refractivity contribution in [3.63, 3.8) is 0 Å². The van der Waals surface area contributed by atoms with Gasteiger partial charge in [-0.2, -0.15) is 0 Å². The highest BCUT2D eigenvalue weighted by atomic mass is 32.2. The first kappa shape index (κ1) is 25.4. The Morgan fingerprint density at radius 3 is 2.32 bits per heavy atom. The van der Waals surface area contributed by atoms with E-state index < -0.39 is 22.6 Å². The fourth-order valence-electron chi connectivity index (χ4n) is 3.52. The molecule has 0 radical (unpaired) electrons. The van der Waals surface area contributed by atoms with Gasteiger partial charge in [0.25, 0.3) is 10.0 Å². The first-order valence-corrected chi connectivity index (χ1v) is 12.5. The van der Waals surface area contributed by atoms with Gasteiger partial charge in [0, 0.05) is 25.2 Å². The summed E-state index contributed by atoms with van der Waals surface area (Å²) in [5.41, 5.74) is 1.56. The normalized spacial score (nSPS) is 13.9.